The van der Waals surface area contributed by atoms with Gasteiger partial charge in [0.05, 0.1) is 138 Å². The van der Waals surface area contributed by atoms with E-state index in [1.807, 2.05) is 36.4 Å². The number of carbonyl (C=O) groups is 2. The van der Waals surface area contributed by atoms with E-state index in [0.717, 1.165) is 25.1 Å². The highest BCUT2D eigenvalue weighted by Crippen LogP contribution is 2.44. The highest BCUT2D eigenvalue weighted by atomic mass is 16.6. The number of hydrogen-bond acceptors (Lipinski definition) is 15. The average molecular weight is 913 g/mol. The zero-order valence-corrected chi connectivity index (χ0v) is 38.6. The molecular formula is C49H72N2O14. The summed E-state index contributed by atoms with van der Waals surface area (Å²) < 4.78 is 66.2. The summed E-state index contributed by atoms with van der Waals surface area (Å²) in [6.45, 7) is 12.9. The van der Waals surface area contributed by atoms with Crippen molar-refractivity contribution >= 4 is 17.7 Å². The van der Waals surface area contributed by atoms with Gasteiger partial charge >= 0.3 is 12.1 Å². The van der Waals surface area contributed by atoms with Crippen LogP contribution in [-0.4, -0.2) is 182 Å². The summed E-state index contributed by atoms with van der Waals surface area (Å²) in [6, 6.07) is 23.9. The molecule has 65 heavy (non-hydrogen) atoms. The average Bonchev–Trinajstić information content (AvgIpc) is 3.65. The fourth-order valence-corrected chi connectivity index (χ4v) is 6.49. The first-order valence-electron chi connectivity index (χ1n) is 22.9. The van der Waals surface area contributed by atoms with Crippen LogP contribution in [0.15, 0.2) is 72.8 Å². The first-order chi connectivity index (χ1) is 32.1. The van der Waals surface area contributed by atoms with Crippen LogP contribution in [0.4, 0.5) is 10.5 Å². The number of rotatable bonds is 40. The van der Waals surface area contributed by atoms with Crippen LogP contribution in [0.1, 0.15) is 47.2 Å². The third-order valence-corrected chi connectivity index (χ3v) is 10.0. The topological polar surface area (TPSA) is 160 Å². The Labute approximate surface area is 385 Å². The van der Waals surface area contributed by atoms with Crippen LogP contribution in [0.3, 0.4) is 0 Å². The Hall–Kier alpha value is -4.20. The van der Waals surface area contributed by atoms with Crippen molar-refractivity contribution in [3.63, 3.8) is 0 Å². The Morgan fingerprint density at radius 1 is 0.492 bits per heavy atom. The van der Waals surface area contributed by atoms with Crippen molar-refractivity contribution in [3.8, 4) is 11.1 Å². The van der Waals surface area contributed by atoms with E-state index >= 15 is 0 Å². The van der Waals surface area contributed by atoms with Crippen LogP contribution in [0.5, 0.6) is 0 Å². The summed E-state index contributed by atoms with van der Waals surface area (Å²) in [6.07, 6.45) is 1.86. The SMILES string of the molecule is CCCCNc1ccc(C(=O)OCCOCCOCCOCCOCCOCCOCCOCCOCCOCCOCCN(C)C(=O)OCC2c3ccccc3-c3ccccc32)cc1. The lowest BCUT2D eigenvalue weighted by atomic mass is 9.98. The Bertz CT molecular complexity index is 1640. The lowest BCUT2D eigenvalue weighted by molar-refractivity contribution is -0.0272. The molecule has 0 saturated heterocycles. The number of ether oxygens (including phenoxy) is 12. The Balaban J connectivity index is 0.787. The highest BCUT2D eigenvalue weighted by molar-refractivity contribution is 5.89. The second-order valence-corrected chi connectivity index (χ2v) is 14.8. The van der Waals surface area contributed by atoms with Crippen molar-refractivity contribution in [2.24, 2.45) is 0 Å². The highest BCUT2D eigenvalue weighted by Gasteiger charge is 2.29. The number of likely N-dealkylation sites (N-methyl/N-ethyl adjacent to an activating group) is 1. The molecule has 0 fully saturated rings. The van der Waals surface area contributed by atoms with Crippen molar-refractivity contribution in [2.45, 2.75) is 25.7 Å². The molecule has 0 saturated carbocycles. The van der Waals surface area contributed by atoms with Crippen molar-refractivity contribution in [3.05, 3.63) is 89.5 Å². The second-order valence-electron chi connectivity index (χ2n) is 14.8. The van der Waals surface area contributed by atoms with E-state index in [9.17, 15) is 9.59 Å². The number of esters is 1. The molecule has 1 aliphatic rings. The molecule has 3 aromatic carbocycles. The minimum atomic E-state index is -0.369. The third kappa shape index (κ3) is 22.7. The standard InChI is InChI=1S/C49H72N2O14/c1-3-4-17-50-42-15-13-41(14-16-42)48(52)64-39-38-63-37-36-62-35-34-61-33-32-60-31-30-59-29-28-58-27-26-57-25-24-56-23-22-55-21-20-54-19-18-51(2)49(53)65-40-47-45-11-7-5-9-43(45)44-10-6-8-12-46(44)47/h5-16,47,50H,3-4,17-40H2,1-2H3. The maximum Gasteiger partial charge on any atom is 0.409 e. The molecule has 0 atom stereocenters. The van der Waals surface area contributed by atoms with Crippen LogP contribution in [0.2, 0.25) is 0 Å². The number of carbonyl (C=O) groups excluding carboxylic acids is 2. The van der Waals surface area contributed by atoms with E-state index in [-0.39, 0.29) is 24.6 Å². The van der Waals surface area contributed by atoms with E-state index in [2.05, 4.69) is 36.5 Å². The van der Waals surface area contributed by atoms with Crippen LogP contribution in [0.25, 0.3) is 11.1 Å². The lowest BCUT2D eigenvalue weighted by Gasteiger charge is -2.19. The quantitative estimate of drug-likeness (QED) is 0.0515. The van der Waals surface area contributed by atoms with E-state index in [1.54, 1.807) is 19.2 Å². The van der Waals surface area contributed by atoms with Crippen LogP contribution in [0, 0.1) is 0 Å². The van der Waals surface area contributed by atoms with Gasteiger partial charge in [-0.15, -0.1) is 0 Å². The van der Waals surface area contributed by atoms with Gasteiger partial charge in [0.2, 0.25) is 0 Å². The number of unbranched alkanes of at least 4 members (excludes halogenated alkanes) is 1. The monoisotopic (exact) mass is 912 g/mol. The number of fused-ring (bicyclic) bond motifs is 3. The zero-order chi connectivity index (χ0) is 45.8. The third-order valence-electron chi connectivity index (χ3n) is 10.0. The van der Waals surface area contributed by atoms with Crippen molar-refractivity contribution in [1.82, 2.24) is 4.90 Å². The van der Waals surface area contributed by atoms with Gasteiger partial charge in [-0.25, -0.2) is 9.59 Å². The number of nitrogens with zero attached hydrogens (tertiary/aromatic N) is 1. The fraction of sp³-hybridized carbons (Fsp3) is 0.592. The predicted octanol–water partition coefficient (Wildman–Crippen LogP) is 6.10. The van der Waals surface area contributed by atoms with Gasteiger partial charge < -0.3 is 67.1 Å². The van der Waals surface area contributed by atoms with Gasteiger partial charge in [0, 0.05) is 31.7 Å². The van der Waals surface area contributed by atoms with Crippen LogP contribution < -0.4 is 5.32 Å². The van der Waals surface area contributed by atoms with Gasteiger partial charge in [-0.1, -0.05) is 61.9 Å². The number of benzene rings is 3. The molecule has 4 rings (SSSR count). The van der Waals surface area contributed by atoms with Crippen LogP contribution in [-0.2, 0) is 56.8 Å². The summed E-state index contributed by atoms with van der Waals surface area (Å²) in [5.41, 5.74) is 6.29. The van der Waals surface area contributed by atoms with E-state index in [0.29, 0.717) is 151 Å². The molecular weight excluding hydrogens is 841 g/mol. The summed E-state index contributed by atoms with van der Waals surface area (Å²) >= 11 is 0. The van der Waals surface area contributed by atoms with Crippen molar-refractivity contribution in [2.75, 3.05) is 171 Å². The predicted molar refractivity (Wildman–Crippen MR) is 246 cm³/mol. The molecule has 0 aromatic heterocycles. The van der Waals surface area contributed by atoms with Gasteiger partial charge in [0.1, 0.15) is 13.2 Å². The first kappa shape index (κ1) is 53.4. The zero-order valence-electron chi connectivity index (χ0n) is 38.6. The maximum absolute atomic E-state index is 12.6. The molecule has 0 aliphatic heterocycles. The van der Waals surface area contributed by atoms with Gasteiger partial charge in [0.15, 0.2) is 0 Å². The number of amides is 1. The Morgan fingerprint density at radius 3 is 1.29 bits per heavy atom. The molecule has 1 aliphatic carbocycles. The molecule has 0 spiro atoms. The number of hydrogen-bond donors (Lipinski definition) is 1. The molecule has 0 bridgehead atoms. The normalized spacial score (nSPS) is 12.0. The van der Waals surface area contributed by atoms with Gasteiger partial charge in [-0.3, -0.25) is 0 Å². The lowest BCUT2D eigenvalue weighted by Crippen LogP contribution is -2.32. The summed E-state index contributed by atoms with van der Waals surface area (Å²) in [5.74, 6) is -0.333. The molecule has 16 heteroatoms. The van der Waals surface area contributed by atoms with Crippen LogP contribution >= 0.6 is 0 Å². The maximum atomic E-state index is 12.6. The molecule has 0 heterocycles. The molecule has 0 radical (unpaired) electrons. The second kappa shape index (κ2) is 35.1. The minimum absolute atomic E-state index is 0.0326. The van der Waals surface area contributed by atoms with E-state index in [1.165, 1.54) is 27.2 Å². The van der Waals surface area contributed by atoms with Gasteiger partial charge in [-0.05, 0) is 52.9 Å². The van der Waals surface area contributed by atoms with E-state index < -0.39 is 0 Å². The van der Waals surface area contributed by atoms with E-state index in [4.69, 9.17) is 56.8 Å². The summed E-state index contributed by atoms with van der Waals surface area (Å²) in [4.78, 5) is 26.3. The largest absolute Gasteiger partial charge is 0.460 e. The number of anilines is 1. The molecule has 16 nitrogen and oxygen atoms in total. The first-order valence-corrected chi connectivity index (χ1v) is 22.9. The molecule has 0 unspecified atom stereocenters. The summed E-state index contributed by atoms with van der Waals surface area (Å²) in [5, 5.41) is 3.32. The number of nitrogens with one attached hydrogen (secondary N) is 1. The van der Waals surface area contributed by atoms with Gasteiger partial charge in [0.25, 0.3) is 0 Å². The molecule has 1 N–H and O–H groups in total. The molecule has 3 aromatic rings. The molecule has 1 amide bonds. The fourth-order valence-electron chi connectivity index (χ4n) is 6.49. The molecule has 362 valence electrons. The Kier molecular flexibility index (Phi) is 28.8. The smallest absolute Gasteiger partial charge is 0.409 e. The van der Waals surface area contributed by atoms with Crippen molar-refractivity contribution < 1.29 is 66.4 Å². The Morgan fingerprint density at radius 2 is 0.877 bits per heavy atom. The van der Waals surface area contributed by atoms with Gasteiger partial charge in [-0.2, -0.15) is 0 Å². The summed E-state index contributed by atoms with van der Waals surface area (Å²) in [7, 11) is 1.71. The minimum Gasteiger partial charge on any atom is -0.460 e. The van der Waals surface area contributed by atoms with Crippen molar-refractivity contribution in [1.29, 1.82) is 0 Å².